The van der Waals surface area contributed by atoms with E-state index < -0.39 is 0 Å². The molecule has 1 aromatic heterocycles. The Morgan fingerprint density at radius 3 is 2.47 bits per heavy atom. The van der Waals surface area contributed by atoms with Crippen LogP contribution in [0, 0.1) is 18.3 Å². The molecule has 0 amide bonds. The Labute approximate surface area is 112 Å². The van der Waals surface area contributed by atoms with Gasteiger partial charge in [0.05, 0.1) is 5.57 Å². The summed E-state index contributed by atoms with van der Waals surface area (Å²) in [4.78, 5) is 6.18. The molecule has 0 atom stereocenters. The first-order chi connectivity index (χ1) is 9.10. The van der Waals surface area contributed by atoms with Gasteiger partial charge in [-0.1, -0.05) is 12.1 Å². The van der Waals surface area contributed by atoms with E-state index in [-0.39, 0.29) is 0 Å². The third kappa shape index (κ3) is 2.99. The predicted molar refractivity (Wildman–Crippen MR) is 75.4 cm³/mol. The van der Waals surface area contributed by atoms with Crippen LogP contribution in [0.2, 0.25) is 0 Å². The van der Waals surface area contributed by atoms with Gasteiger partial charge in [0.2, 0.25) is 0 Å². The molecule has 0 spiro atoms. The lowest BCUT2D eigenvalue weighted by molar-refractivity contribution is 1.03. The Balaban J connectivity index is 2.31. The fourth-order valence-electron chi connectivity index (χ4n) is 1.65. The van der Waals surface area contributed by atoms with Crippen molar-refractivity contribution in [3.8, 4) is 6.07 Å². The largest absolute Gasteiger partial charge is 0.378 e. The summed E-state index contributed by atoms with van der Waals surface area (Å²) in [5, 5.41) is 15.9. The number of nitrogens with zero attached hydrogens (tertiary/aromatic N) is 4. The summed E-state index contributed by atoms with van der Waals surface area (Å²) in [5.74, 6) is 1.12. The number of hydrogen-bond donors (Lipinski definition) is 1. The number of rotatable bonds is 3. The van der Waals surface area contributed by atoms with Gasteiger partial charge in [-0.2, -0.15) is 10.4 Å². The number of aromatic amines is 1. The van der Waals surface area contributed by atoms with Crippen LogP contribution >= 0.6 is 0 Å². The van der Waals surface area contributed by atoms with E-state index in [0.717, 1.165) is 11.3 Å². The fourth-order valence-corrected chi connectivity index (χ4v) is 1.65. The highest BCUT2D eigenvalue weighted by molar-refractivity contribution is 5.87. The van der Waals surface area contributed by atoms with Crippen LogP contribution in [0.25, 0.3) is 11.6 Å². The van der Waals surface area contributed by atoms with Crippen LogP contribution in [0.1, 0.15) is 17.2 Å². The first-order valence-corrected chi connectivity index (χ1v) is 5.88. The van der Waals surface area contributed by atoms with Crippen molar-refractivity contribution in [2.45, 2.75) is 6.92 Å². The minimum Gasteiger partial charge on any atom is -0.378 e. The standard InChI is InChI=1S/C14H15N5/c1-10-16-14(18-17-10)12(9-15)8-11-4-6-13(7-5-11)19(2)3/h4-8H,1-3H3,(H,16,17,18)/b12-8+. The molecule has 2 aromatic rings. The van der Waals surface area contributed by atoms with Gasteiger partial charge < -0.3 is 4.90 Å². The van der Waals surface area contributed by atoms with E-state index in [9.17, 15) is 5.26 Å². The van der Waals surface area contributed by atoms with E-state index in [2.05, 4.69) is 21.3 Å². The van der Waals surface area contributed by atoms with Gasteiger partial charge in [0.1, 0.15) is 11.9 Å². The molecule has 0 saturated carbocycles. The summed E-state index contributed by atoms with van der Waals surface area (Å²) in [5.41, 5.74) is 2.51. The summed E-state index contributed by atoms with van der Waals surface area (Å²) in [6.45, 7) is 1.80. The fraction of sp³-hybridized carbons (Fsp3) is 0.214. The second-order valence-electron chi connectivity index (χ2n) is 4.40. The summed E-state index contributed by atoms with van der Waals surface area (Å²) in [6, 6.07) is 10.1. The van der Waals surface area contributed by atoms with Crippen molar-refractivity contribution in [1.29, 1.82) is 5.26 Å². The third-order valence-electron chi connectivity index (χ3n) is 2.68. The van der Waals surface area contributed by atoms with Gasteiger partial charge in [-0.15, -0.1) is 0 Å². The zero-order chi connectivity index (χ0) is 13.8. The molecule has 1 N–H and O–H groups in total. The van der Waals surface area contributed by atoms with Crippen LogP contribution in [0.15, 0.2) is 24.3 Å². The number of hydrogen-bond acceptors (Lipinski definition) is 4. The Morgan fingerprint density at radius 1 is 1.32 bits per heavy atom. The topological polar surface area (TPSA) is 68.6 Å². The van der Waals surface area contributed by atoms with E-state index in [1.54, 1.807) is 13.0 Å². The molecule has 0 saturated heterocycles. The molecule has 5 nitrogen and oxygen atoms in total. The lowest BCUT2D eigenvalue weighted by Crippen LogP contribution is -2.07. The average Bonchev–Trinajstić information content (AvgIpc) is 2.83. The van der Waals surface area contributed by atoms with Gasteiger partial charge in [-0.05, 0) is 30.7 Å². The van der Waals surface area contributed by atoms with E-state index in [4.69, 9.17) is 0 Å². The van der Waals surface area contributed by atoms with Gasteiger partial charge in [-0.25, -0.2) is 4.98 Å². The Morgan fingerprint density at radius 2 is 2.00 bits per heavy atom. The number of benzene rings is 1. The molecule has 1 heterocycles. The zero-order valence-electron chi connectivity index (χ0n) is 11.2. The highest BCUT2D eigenvalue weighted by atomic mass is 15.2. The number of aryl methyl sites for hydroxylation is 1. The van der Waals surface area contributed by atoms with Gasteiger partial charge in [0.15, 0.2) is 5.82 Å². The molecular formula is C14H15N5. The SMILES string of the molecule is Cc1nc(/C(C#N)=C/c2ccc(N(C)C)cc2)n[nH]1. The minimum atomic E-state index is 0.427. The molecule has 0 aliphatic heterocycles. The Hall–Kier alpha value is -2.61. The zero-order valence-corrected chi connectivity index (χ0v) is 11.2. The van der Waals surface area contributed by atoms with Crippen molar-refractivity contribution in [1.82, 2.24) is 15.2 Å². The molecule has 0 bridgehead atoms. The second-order valence-corrected chi connectivity index (χ2v) is 4.40. The molecule has 0 aliphatic carbocycles. The quantitative estimate of drug-likeness (QED) is 0.852. The van der Waals surface area contributed by atoms with E-state index in [1.165, 1.54) is 0 Å². The summed E-state index contributed by atoms with van der Waals surface area (Å²) in [7, 11) is 3.98. The van der Waals surface area contributed by atoms with Crippen molar-refractivity contribution in [3.63, 3.8) is 0 Å². The number of allylic oxidation sites excluding steroid dienone is 1. The van der Waals surface area contributed by atoms with E-state index in [1.807, 2.05) is 43.3 Å². The van der Waals surface area contributed by atoms with Gasteiger partial charge >= 0.3 is 0 Å². The number of H-pyrrole nitrogens is 1. The lowest BCUT2D eigenvalue weighted by Gasteiger charge is -2.11. The molecular weight excluding hydrogens is 238 g/mol. The van der Waals surface area contributed by atoms with Crippen molar-refractivity contribution in [2.75, 3.05) is 19.0 Å². The van der Waals surface area contributed by atoms with Crippen LogP contribution < -0.4 is 4.90 Å². The highest BCUT2D eigenvalue weighted by Crippen LogP contribution is 2.17. The minimum absolute atomic E-state index is 0.427. The average molecular weight is 253 g/mol. The van der Waals surface area contributed by atoms with Crippen molar-refractivity contribution < 1.29 is 0 Å². The van der Waals surface area contributed by atoms with Crippen LogP contribution in [0.3, 0.4) is 0 Å². The second kappa shape index (κ2) is 5.36. The molecule has 0 unspecified atom stereocenters. The Kier molecular flexibility index (Phi) is 3.62. The van der Waals surface area contributed by atoms with Crippen molar-refractivity contribution in [3.05, 3.63) is 41.5 Å². The maximum Gasteiger partial charge on any atom is 0.191 e. The summed E-state index contributed by atoms with van der Waals surface area (Å²) in [6.07, 6.45) is 1.78. The first-order valence-electron chi connectivity index (χ1n) is 5.88. The van der Waals surface area contributed by atoms with Crippen LogP contribution in [0.5, 0.6) is 0 Å². The number of nitriles is 1. The smallest absolute Gasteiger partial charge is 0.191 e. The molecule has 19 heavy (non-hydrogen) atoms. The monoisotopic (exact) mass is 253 g/mol. The highest BCUT2D eigenvalue weighted by Gasteiger charge is 2.06. The Bertz CT molecular complexity index is 629. The molecule has 0 fully saturated rings. The van der Waals surface area contributed by atoms with Crippen molar-refractivity contribution in [2.24, 2.45) is 0 Å². The van der Waals surface area contributed by atoms with Crippen LogP contribution in [0.4, 0.5) is 5.69 Å². The maximum atomic E-state index is 9.17. The molecule has 0 radical (unpaired) electrons. The molecule has 2 rings (SSSR count). The van der Waals surface area contributed by atoms with Crippen LogP contribution in [-0.4, -0.2) is 29.3 Å². The predicted octanol–water partition coefficient (Wildman–Crippen LogP) is 2.24. The summed E-state index contributed by atoms with van der Waals surface area (Å²) < 4.78 is 0. The van der Waals surface area contributed by atoms with Gasteiger partial charge in [0, 0.05) is 19.8 Å². The van der Waals surface area contributed by atoms with Gasteiger partial charge in [0.25, 0.3) is 0 Å². The summed E-state index contributed by atoms with van der Waals surface area (Å²) >= 11 is 0. The molecule has 5 heteroatoms. The maximum absolute atomic E-state index is 9.17. The molecule has 1 aromatic carbocycles. The normalized spacial score (nSPS) is 11.2. The number of nitrogens with one attached hydrogen (secondary N) is 1. The van der Waals surface area contributed by atoms with Crippen LogP contribution in [-0.2, 0) is 0 Å². The molecule has 0 aliphatic rings. The number of anilines is 1. The third-order valence-corrected chi connectivity index (χ3v) is 2.68. The van der Waals surface area contributed by atoms with E-state index in [0.29, 0.717) is 17.2 Å². The van der Waals surface area contributed by atoms with E-state index >= 15 is 0 Å². The first kappa shape index (κ1) is 12.8. The number of aromatic nitrogens is 3. The molecule has 96 valence electrons. The van der Waals surface area contributed by atoms with Crippen molar-refractivity contribution >= 4 is 17.3 Å². The van der Waals surface area contributed by atoms with Gasteiger partial charge in [-0.3, -0.25) is 5.10 Å². The lowest BCUT2D eigenvalue weighted by atomic mass is 10.1.